The summed E-state index contributed by atoms with van der Waals surface area (Å²) in [6.45, 7) is 5.29. The van der Waals surface area contributed by atoms with Gasteiger partial charge in [0.2, 0.25) is 5.91 Å². The van der Waals surface area contributed by atoms with Gasteiger partial charge in [0.15, 0.2) is 0 Å². The molecule has 0 saturated heterocycles. The number of amides is 1. The second kappa shape index (κ2) is 14.5. The molecule has 0 saturated carbocycles. The molecule has 0 heterocycles. The first kappa shape index (κ1) is 17.5. The summed E-state index contributed by atoms with van der Waals surface area (Å²) in [5.41, 5.74) is 0. The van der Waals surface area contributed by atoms with Crippen LogP contribution in [0.1, 0.15) is 90.9 Å². The Bertz CT molecular complexity index is 180. The second-order valence-electron chi connectivity index (χ2n) is 5.28. The van der Waals surface area contributed by atoms with Crippen LogP contribution >= 0.6 is 0 Å². The molecule has 0 aromatic heterocycles. The van der Waals surface area contributed by atoms with Crippen molar-refractivity contribution in [3.05, 3.63) is 0 Å². The molecule has 2 heteroatoms. The monoisotopic (exact) mass is 255 g/mol. The number of carbonyl (C=O) groups excluding carboxylic acids is 1. The Morgan fingerprint density at radius 3 is 1.83 bits per heavy atom. The first-order valence-electron chi connectivity index (χ1n) is 8.08. The normalized spacial score (nSPS) is 10.6. The minimum Gasteiger partial charge on any atom is -0.356 e. The molecule has 0 aromatic carbocycles. The molecule has 1 amide bonds. The van der Waals surface area contributed by atoms with Gasteiger partial charge in [-0.25, -0.2) is 0 Å². The van der Waals surface area contributed by atoms with E-state index in [0.29, 0.717) is 6.42 Å². The average molecular weight is 255 g/mol. The zero-order valence-electron chi connectivity index (χ0n) is 12.6. The van der Waals surface area contributed by atoms with Gasteiger partial charge in [0, 0.05) is 13.0 Å². The molecule has 2 nitrogen and oxygen atoms in total. The Kier molecular flexibility index (Phi) is 14.1. The third-order valence-corrected chi connectivity index (χ3v) is 3.36. The van der Waals surface area contributed by atoms with E-state index in [4.69, 9.17) is 0 Å². The number of hydrogen-bond acceptors (Lipinski definition) is 1. The molecule has 0 aliphatic carbocycles. The molecule has 0 spiro atoms. The Balaban J connectivity index is 3.08. The summed E-state index contributed by atoms with van der Waals surface area (Å²) in [5.74, 6) is 0.242. The van der Waals surface area contributed by atoms with E-state index >= 15 is 0 Å². The third-order valence-electron chi connectivity index (χ3n) is 3.36. The predicted octanol–water partition coefficient (Wildman–Crippen LogP) is 4.82. The second-order valence-corrected chi connectivity index (χ2v) is 5.28. The molecule has 0 aliphatic heterocycles. The standard InChI is InChI=1S/C16H33NO/c1-3-5-7-8-9-10-11-13-15-17-16(18)14-12-6-4-2/h3-15H2,1-2H3,(H,17,18). The van der Waals surface area contributed by atoms with Crippen molar-refractivity contribution < 1.29 is 4.79 Å². The van der Waals surface area contributed by atoms with Crippen LogP contribution in [0.15, 0.2) is 0 Å². The first-order chi connectivity index (χ1) is 8.81. The topological polar surface area (TPSA) is 29.1 Å². The lowest BCUT2D eigenvalue weighted by atomic mass is 10.1. The van der Waals surface area contributed by atoms with E-state index in [2.05, 4.69) is 19.2 Å². The van der Waals surface area contributed by atoms with E-state index in [0.717, 1.165) is 19.4 Å². The van der Waals surface area contributed by atoms with Gasteiger partial charge < -0.3 is 5.32 Å². The molecule has 0 radical (unpaired) electrons. The lowest BCUT2D eigenvalue weighted by molar-refractivity contribution is -0.121. The molecular formula is C16H33NO. The first-order valence-corrected chi connectivity index (χ1v) is 8.08. The number of rotatable bonds is 13. The third kappa shape index (κ3) is 13.5. The van der Waals surface area contributed by atoms with Crippen molar-refractivity contribution in [3.63, 3.8) is 0 Å². The SMILES string of the molecule is CCCCCCCCCCNC(=O)CCCCC. The summed E-state index contributed by atoms with van der Waals surface area (Å²) in [7, 11) is 0. The van der Waals surface area contributed by atoms with E-state index in [9.17, 15) is 4.79 Å². The highest BCUT2D eigenvalue weighted by atomic mass is 16.1. The summed E-state index contributed by atoms with van der Waals surface area (Å²) in [4.78, 5) is 11.4. The highest BCUT2D eigenvalue weighted by Gasteiger charge is 1.99. The molecule has 0 rings (SSSR count). The maximum absolute atomic E-state index is 11.4. The smallest absolute Gasteiger partial charge is 0.219 e. The fraction of sp³-hybridized carbons (Fsp3) is 0.938. The zero-order chi connectivity index (χ0) is 13.5. The Morgan fingerprint density at radius 1 is 0.722 bits per heavy atom. The predicted molar refractivity (Wildman–Crippen MR) is 79.8 cm³/mol. The fourth-order valence-electron chi connectivity index (χ4n) is 2.11. The summed E-state index contributed by atoms with van der Waals surface area (Å²) in [6.07, 6.45) is 14.7. The Labute approximate surface area is 114 Å². The van der Waals surface area contributed by atoms with Crippen LogP contribution in [0.2, 0.25) is 0 Å². The van der Waals surface area contributed by atoms with Crippen LogP contribution in [-0.2, 0) is 4.79 Å². The molecule has 1 N–H and O–H groups in total. The molecular weight excluding hydrogens is 222 g/mol. The molecule has 0 bridgehead atoms. The van der Waals surface area contributed by atoms with Gasteiger partial charge in [-0.05, 0) is 12.8 Å². The van der Waals surface area contributed by atoms with Crippen molar-refractivity contribution in [2.24, 2.45) is 0 Å². The van der Waals surface area contributed by atoms with Crippen molar-refractivity contribution in [1.82, 2.24) is 5.32 Å². The number of hydrogen-bond donors (Lipinski definition) is 1. The minimum absolute atomic E-state index is 0.242. The summed E-state index contributed by atoms with van der Waals surface area (Å²) in [6, 6.07) is 0. The van der Waals surface area contributed by atoms with Gasteiger partial charge in [-0.3, -0.25) is 4.79 Å². The quantitative estimate of drug-likeness (QED) is 0.469. The van der Waals surface area contributed by atoms with E-state index in [1.807, 2.05) is 0 Å². The maximum atomic E-state index is 11.4. The highest BCUT2D eigenvalue weighted by Crippen LogP contribution is 2.07. The Hall–Kier alpha value is -0.530. The fourth-order valence-corrected chi connectivity index (χ4v) is 2.11. The molecule has 0 aromatic rings. The van der Waals surface area contributed by atoms with Gasteiger partial charge >= 0.3 is 0 Å². The zero-order valence-corrected chi connectivity index (χ0v) is 12.6. The molecule has 18 heavy (non-hydrogen) atoms. The summed E-state index contributed by atoms with van der Waals surface area (Å²) in [5, 5.41) is 3.01. The minimum atomic E-state index is 0.242. The van der Waals surface area contributed by atoms with Crippen LogP contribution in [0.3, 0.4) is 0 Å². The van der Waals surface area contributed by atoms with Crippen molar-refractivity contribution >= 4 is 5.91 Å². The van der Waals surface area contributed by atoms with Gasteiger partial charge in [0.05, 0.1) is 0 Å². The average Bonchev–Trinajstić information content (AvgIpc) is 2.37. The van der Waals surface area contributed by atoms with Crippen LogP contribution in [0, 0.1) is 0 Å². The summed E-state index contributed by atoms with van der Waals surface area (Å²) < 4.78 is 0. The van der Waals surface area contributed by atoms with Gasteiger partial charge in [-0.15, -0.1) is 0 Å². The lowest BCUT2D eigenvalue weighted by Gasteiger charge is -2.05. The van der Waals surface area contributed by atoms with Gasteiger partial charge in [-0.1, -0.05) is 71.6 Å². The molecule has 0 aliphatic rings. The van der Waals surface area contributed by atoms with Gasteiger partial charge in [0.25, 0.3) is 0 Å². The van der Waals surface area contributed by atoms with Gasteiger partial charge in [-0.2, -0.15) is 0 Å². The Morgan fingerprint density at radius 2 is 1.22 bits per heavy atom. The molecule has 108 valence electrons. The van der Waals surface area contributed by atoms with E-state index in [1.165, 1.54) is 57.8 Å². The van der Waals surface area contributed by atoms with Crippen molar-refractivity contribution in [1.29, 1.82) is 0 Å². The van der Waals surface area contributed by atoms with Crippen LogP contribution in [0.5, 0.6) is 0 Å². The van der Waals surface area contributed by atoms with Gasteiger partial charge in [0.1, 0.15) is 0 Å². The van der Waals surface area contributed by atoms with Crippen LogP contribution in [-0.4, -0.2) is 12.5 Å². The summed E-state index contributed by atoms with van der Waals surface area (Å²) >= 11 is 0. The van der Waals surface area contributed by atoms with E-state index < -0.39 is 0 Å². The molecule has 0 unspecified atom stereocenters. The largest absolute Gasteiger partial charge is 0.356 e. The van der Waals surface area contributed by atoms with Crippen molar-refractivity contribution in [2.45, 2.75) is 90.9 Å². The maximum Gasteiger partial charge on any atom is 0.219 e. The van der Waals surface area contributed by atoms with Crippen molar-refractivity contribution in [3.8, 4) is 0 Å². The molecule has 0 fully saturated rings. The molecule has 0 atom stereocenters. The van der Waals surface area contributed by atoms with Crippen LogP contribution in [0.25, 0.3) is 0 Å². The van der Waals surface area contributed by atoms with E-state index in [1.54, 1.807) is 0 Å². The number of carbonyl (C=O) groups is 1. The number of unbranched alkanes of at least 4 members (excludes halogenated alkanes) is 9. The van der Waals surface area contributed by atoms with Crippen LogP contribution < -0.4 is 5.32 Å². The van der Waals surface area contributed by atoms with Crippen LogP contribution in [0.4, 0.5) is 0 Å². The van der Waals surface area contributed by atoms with E-state index in [-0.39, 0.29) is 5.91 Å². The lowest BCUT2D eigenvalue weighted by Crippen LogP contribution is -2.23. The van der Waals surface area contributed by atoms with Crippen molar-refractivity contribution in [2.75, 3.05) is 6.54 Å². The highest BCUT2D eigenvalue weighted by molar-refractivity contribution is 5.75. The number of nitrogens with one attached hydrogen (secondary N) is 1.